The third-order valence-corrected chi connectivity index (χ3v) is 4.67. The van der Waals surface area contributed by atoms with Crippen molar-refractivity contribution in [1.29, 1.82) is 0 Å². The van der Waals surface area contributed by atoms with Crippen LogP contribution in [-0.2, 0) is 6.42 Å². The molecule has 0 spiro atoms. The minimum Gasteiger partial charge on any atom is -0.385 e. The highest BCUT2D eigenvalue weighted by molar-refractivity contribution is 7.21. The van der Waals surface area contributed by atoms with Gasteiger partial charge in [-0.3, -0.25) is 0 Å². The number of hydrogen-bond donors (Lipinski definition) is 1. The average molecular weight is 266 g/mol. The first kappa shape index (κ1) is 11.0. The maximum absolute atomic E-state index is 4.73. The van der Waals surface area contributed by atoms with E-state index in [9.17, 15) is 0 Å². The van der Waals surface area contributed by atoms with E-state index in [0.717, 1.165) is 17.1 Å². The predicted molar refractivity (Wildman–Crippen MR) is 81.9 cm³/mol. The Hall–Kier alpha value is -1.87. The molecule has 2 aromatic carbocycles. The van der Waals surface area contributed by atoms with E-state index in [2.05, 4.69) is 41.7 Å². The summed E-state index contributed by atoms with van der Waals surface area (Å²) in [5.74, 6) is 0. The number of nitrogens with zero attached hydrogens (tertiary/aromatic N) is 1. The van der Waals surface area contributed by atoms with Crippen LogP contribution in [0.5, 0.6) is 0 Å². The zero-order chi connectivity index (χ0) is 12.7. The van der Waals surface area contributed by atoms with Crippen LogP contribution in [0.15, 0.2) is 42.5 Å². The zero-order valence-electron chi connectivity index (χ0n) is 10.5. The summed E-state index contributed by atoms with van der Waals surface area (Å²) in [4.78, 5) is 4.73. The monoisotopic (exact) mass is 266 g/mol. The zero-order valence-corrected chi connectivity index (χ0v) is 11.3. The second-order valence-electron chi connectivity index (χ2n) is 4.89. The number of para-hydroxylation sites is 1. The van der Waals surface area contributed by atoms with E-state index in [1.54, 1.807) is 11.3 Å². The highest BCUT2D eigenvalue weighted by Crippen LogP contribution is 2.33. The average Bonchev–Trinajstić information content (AvgIpc) is 2.90. The third kappa shape index (κ3) is 1.90. The molecule has 3 aromatic rings. The molecule has 0 saturated heterocycles. The van der Waals surface area contributed by atoms with Crippen molar-refractivity contribution in [2.75, 3.05) is 11.9 Å². The first-order chi connectivity index (χ1) is 9.40. The first-order valence-corrected chi connectivity index (χ1v) is 7.44. The standard InChI is InChI=1S/C16H14N2S/c1-2-6-15-14(5-1)18-16(19-15)12-7-8-13-11(10-12)4-3-9-17-13/h1-2,5-8,10,17H,3-4,9H2. The van der Waals surface area contributed by atoms with Gasteiger partial charge in [-0.05, 0) is 48.7 Å². The quantitative estimate of drug-likeness (QED) is 0.709. The van der Waals surface area contributed by atoms with Crippen LogP contribution in [0.3, 0.4) is 0 Å². The van der Waals surface area contributed by atoms with Crippen molar-refractivity contribution < 1.29 is 0 Å². The maximum atomic E-state index is 4.73. The van der Waals surface area contributed by atoms with Gasteiger partial charge in [0.25, 0.3) is 0 Å². The summed E-state index contributed by atoms with van der Waals surface area (Å²) in [5, 5.41) is 4.57. The summed E-state index contributed by atoms with van der Waals surface area (Å²) in [5.41, 5.74) is 5.04. The minimum absolute atomic E-state index is 1.09. The Labute approximate surface area is 116 Å². The fraction of sp³-hybridized carbons (Fsp3) is 0.188. The first-order valence-electron chi connectivity index (χ1n) is 6.63. The summed E-state index contributed by atoms with van der Waals surface area (Å²) in [6, 6.07) is 15.0. The van der Waals surface area contributed by atoms with E-state index in [0.29, 0.717) is 0 Å². The molecular formula is C16H14N2S. The molecule has 0 unspecified atom stereocenters. The second-order valence-corrected chi connectivity index (χ2v) is 5.92. The van der Waals surface area contributed by atoms with E-state index >= 15 is 0 Å². The number of thiazole rings is 1. The molecule has 0 atom stereocenters. The molecule has 19 heavy (non-hydrogen) atoms. The summed E-state index contributed by atoms with van der Waals surface area (Å²) in [6.45, 7) is 1.09. The molecule has 0 aliphatic carbocycles. The molecule has 0 bridgehead atoms. The molecule has 1 aliphatic heterocycles. The smallest absolute Gasteiger partial charge is 0.124 e. The van der Waals surface area contributed by atoms with E-state index in [-0.39, 0.29) is 0 Å². The van der Waals surface area contributed by atoms with Gasteiger partial charge in [0, 0.05) is 17.8 Å². The Morgan fingerprint density at radius 2 is 2.05 bits per heavy atom. The van der Waals surface area contributed by atoms with E-state index < -0.39 is 0 Å². The summed E-state index contributed by atoms with van der Waals surface area (Å²) < 4.78 is 1.26. The van der Waals surface area contributed by atoms with Gasteiger partial charge in [-0.25, -0.2) is 4.98 Å². The third-order valence-electron chi connectivity index (χ3n) is 3.58. The molecule has 2 heterocycles. The number of anilines is 1. The highest BCUT2D eigenvalue weighted by Gasteiger charge is 2.11. The lowest BCUT2D eigenvalue weighted by Gasteiger charge is -2.18. The fourth-order valence-corrected chi connectivity index (χ4v) is 3.57. The van der Waals surface area contributed by atoms with Crippen LogP contribution in [0.25, 0.3) is 20.8 Å². The Morgan fingerprint density at radius 3 is 3.00 bits per heavy atom. The molecule has 0 radical (unpaired) electrons. The number of rotatable bonds is 1. The Morgan fingerprint density at radius 1 is 1.11 bits per heavy atom. The number of aryl methyl sites for hydroxylation is 1. The SMILES string of the molecule is c1ccc2sc(-c3ccc4c(c3)CCCN4)nc2c1. The van der Waals surface area contributed by atoms with Crippen LogP contribution < -0.4 is 5.32 Å². The molecule has 94 valence electrons. The summed E-state index contributed by atoms with van der Waals surface area (Å²) >= 11 is 1.77. The molecule has 0 fully saturated rings. The fourth-order valence-electron chi connectivity index (χ4n) is 2.60. The molecule has 2 nitrogen and oxygen atoms in total. The number of aromatic nitrogens is 1. The summed E-state index contributed by atoms with van der Waals surface area (Å²) in [7, 11) is 0. The summed E-state index contributed by atoms with van der Waals surface area (Å²) in [6.07, 6.45) is 2.39. The topological polar surface area (TPSA) is 24.9 Å². The second kappa shape index (κ2) is 4.35. The number of nitrogens with one attached hydrogen (secondary N) is 1. The van der Waals surface area contributed by atoms with Gasteiger partial charge in [0.2, 0.25) is 0 Å². The molecule has 3 heteroatoms. The minimum atomic E-state index is 1.09. The Bertz CT molecular complexity index is 712. The molecule has 0 saturated carbocycles. The molecule has 0 amide bonds. The number of fused-ring (bicyclic) bond motifs is 2. The van der Waals surface area contributed by atoms with E-state index in [4.69, 9.17) is 4.98 Å². The van der Waals surface area contributed by atoms with Gasteiger partial charge in [0.05, 0.1) is 10.2 Å². The van der Waals surface area contributed by atoms with Crippen molar-refractivity contribution in [3.63, 3.8) is 0 Å². The van der Waals surface area contributed by atoms with Gasteiger partial charge in [-0.1, -0.05) is 12.1 Å². The molecule has 1 aliphatic rings. The van der Waals surface area contributed by atoms with Crippen molar-refractivity contribution in [3.05, 3.63) is 48.0 Å². The van der Waals surface area contributed by atoms with Crippen molar-refractivity contribution in [2.45, 2.75) is 12.8 Å². The van der Waals surface area contributed by atoms with Crippen LogP contribution >= 0.6 is 11.3 Å². The van der Waals surface area contributed by atoms with E-state index in [1.807, 2.05) is 6.07 Å². The molecular weight excluding hydrogens is 252 g/mol. The number of hydrogen-bond acceptors (Lipinski definition) is 3. The van der Waals surface area contributed by atoms with Crippen molar-refractivity contribution >= 4 is 27.2 Å². The Kier molecular flexibility index (Phi) is 2.52. The maximum Gasteiger partial charge on any atom is 0.124 e. The lowest BCUT2D eigenvalue weighted by atomic mass is 10.0. The number of benzene rings is 2. The van der Waals surface area contributed by atoms with Crippen LogP contribution in [-0.4, -0.2) is 11.5 Å². The van der Waals surface area contributed by atoms with Crippen molar-refractivity contribution in [3.8, 4) is 10.6 Å². The lowest BCUT2D eigenvalue weighted by molar-refractivity contribution is 0.830. The van der Waals surface area contributed by atoms with Crippen LogP contribution in [0.2, 0.25) is 0 Å². The predicted octanol–water partition coefficient (Wildman–Crippen LogP) is 4.32. The van der Waals surface area contributed by atoms with Gasteiger partial charge in [0.1, 0.15) is 5.01 Å². The Balaban J connectivity index is 1.83. The molecule has 1 N–H and O–H groups in total. The van der Waals surface area contributed by atoms with Crippen molar-refractivity contribution in [2.24, 2.45) is 0 Å². The van der Waals surface area contributed by atoms with Gasteiger partial charge < -0.3 is 5.32 Å². The van der Waals surface area contributed by atoms with Gasteiger partial charge in [0.15, 0.2) is 0 Å². The molecule has 1 aromatic heterocycles. The lowest BCUT2D eigenvalue weighted by Crippen LogP contribution is -2.11. The highest BCUT2D eigenvalue weighted by atomic mass is 32.1. The normalized spacial score (nSPS) is 14.1. The van der Waals surface area contributed by atoms with Gasteiger partial charge in [-0.15, -0.1) is 11.3 Å². The van der Waals surface area contributed by atoms with Crippen LogP contribution in [0, 0.1) is 0 Å². The van der Waals surface area contributed by atoms with Crippen LogP contribution in [0.4, 0.5) is 5.69 Å². The van der Waals surface area contributed by atoms with Gasteiger partial charge in [-0.2, -0.15) is 0 Å². The van der Waals surface area contributed by atoms with Crippen LogP contribution in [0.1, 0.15) is 12.0 Å². The van der Waals surface area contributed by atoms with Crippen molar-refractivity contribution in [1.82, 2.24) is 4.98 Å². The largest absolute Gasteiger partial charge is 0.385 e. The van der Waals surface area contributed by atoms with Gasteiger partial charge >= 0.3 is 0 Å². The van der Waals surface area contributed by atoms with E-state index in [1.165, 1.54) is 34.4 Å². The molecule has 4 rings (SSSR count).